The fourth-order valence-corrected chi connectivity index (χ4v) is 2.07. The van der Waals surface area contributed by atoms with Gasteiger partial charge in [0.25, 0.3) is 0 Å². The Morgan fingerprint density at radius 3 is 1.91 bits per heavy atom. The molecule has 5 nitrogen and oxygen atoms in total. The summed E-state index contributed by atoms with van der Waals surface area (Å²) in [6.45, 7) is 4.00. The molecular formula is C18H18O5. The molecule has 0 unspecified atom stereocenters. The van der Waals surface area contributed by atoms with E-state index in [1.54, 1.807) is 6.07 Å². The van der Waals surface area contributed by atoms with E-state index in [9.17, 15) is 9.59 Å². The van der Waals surface area contributed by atoms with Gasteiger partial charge >= 0.3 is 11.9 Å². The van der Waals surface area contributed by atoms with Crippen molar-refractivity contribution in [1.29, 1.82) is 0 Å². The Kier molecular flexibility index (Phi) is 5.01. The minimum Gasteiger partial charge on any atom is -0.465 e. The number of methoxy groups -OCH3 is 2. The van der Waals surface area contributed by atoms with E-state index in [0.717, 1.165) is 11.1 Å². The smallest absolute Gasteiger partial charge is 0.338 e. The average Bonchev–Trinajstić information content (AvgIpc) is 2.56. The van der Waals surface area contributed by atoms with Gasteiger partial charge in [-0.1, -0.05) is 6.07 Å². The Balaban J connectivity index is 2.38. The molecule has 0 aliphatic rings. The van der Waals surface area contributed by atoms with Crippen molar-refractivity contribution in [1.82, 2.24) is 0 Å². The van der Waals surface area contributed by atoms with E-state index in [4.69, 9.17) is 9.47 Å². The van der Waals surface area contributed by atoms with Gasteiger partial charge in [0, 0.05) is 0 Å². The van der Waals surface area contributed by atoms with Crippen molar-refractivity contribution in [2.45, 2.75) is 13.8 Å². The van der Waals surface area contributed by atoms with Crippen LogP contribution in [0.25, 0.3) is 0 Å². The molecule has 5 heteroatoms. The second-order valence-electron chi connectivity index (χ2n) is 5.04. The number of rotatable bonds is 4. The number of aryl methyl sites for hydroxylation is 2. The van der Waals surface area contributed by atoms with Gasteiger partial charge in [-0.2, -0.15) is 0 Å². The van der Waals surface area contributed by atoms with Crippen LogP contribution in [0.5, 0.6) is 11.5 Å². The average molecular weight is 314 g/mol. The van der Waals surface area contributed by atoms with Crippen LogP contribution in [0.4, 0.5) is 0 Å². The standard InChI is InChI=1S/C18H18O5/c1-11-5-6-13(9-12(11)2)23-14-7-8-15(17(19)21-3)16(10-14)18(20)22-4/h5-10H,1-4H3. The predicted octanol–water partition coefficient (Wildman–Crippen LogP) is 3.67. The second-order valence-corrected chi connectivity index (χ2v) is 5.04. The third kappa shape index (κ3) is 3.69. The van der Waals surface area contributed by atoms with Crippen LogP contribution in [0.2, 0.25) is 0 Å². The first kappa shape index (κ1) is 16.5. The molecule has 0 heterocycles. The quantitative estimate of drug-likeness (QED) is 0.806. The van der Waals surface area contributed by atoms with E-state index < -0.39 is 11.9 Å². The van der Waals surface area contributed by atoms with Crippen LogP contribution in [-0.2, 0) is 9.47 Å². The Morgan fingerprint density at radius 2 is 1.30 bits per heavy atom. The highest BCUT2D eigenvalue weighted by atomic mass is 16.5. The van der Waals surface area contributed by atoms with Gasteiger partial charge in [-0.3, -0.25) is 0 Å². The van der Waals surface area contributed by atoms with Crippen molar-refractivity contribution in [2.24, 2.45) is 0 Å². The Bertz CT molecular complexity index is 749. The van der Waals surface area contributed by atoms with Gasteiger partial charge in [-0.05, 0) is 55.3 Å². The van der Waals surface area contributed by atoms with E-state index in [-0.39, 0.29) is 11.1 Å². The number of carbonyl (C=O) groups excluding carboxylic acids is 2. The number of ether oxygens (including phenoxy) is 3. The maximum Gasteiger partial charge on any atom is 0.338 e. The lowest BCUT2D eigenvalue weighted by molar-refractivity contribution is 0.0555. The fourth-order valence-electron chi connectivity index (χ4n) is 2.07. The highest BCUT2D eigenvalue weighted by Gasteiger charge is 2.19. The zero-order chi connectivity index (χ0) is 17.0. The van der Waals surface area contributed by atoms with Crippen molar-refractivity contribution >= 4 is 11.9 Å². The molecule has 0 radical (unpaired) electrons. The molecule has 2 aromatic carbocycles. The van der Waals surface area contributed by atoms with Crippen molar-refractivity contribution in [3.63, 3.8) is 0 Å². The predicted molar refractivity (Wildman–Crippen MR) is 85.1 cm³/mol. The molecule has 0 amide bonds. The molecule has 2 rings (SSSR count). The molecule has 0 saturated carbocycles. The van der Waals surface area contributed by atoms with E-state index in [1.165, 1.54) is 26.4 Å². The van der Waals surface area contributed by atoms with Crippen LogP contribution in [0.1, 0.15) is 31.8 Å². The Morgan fingerprint density at radius 1 is 0.739 bits per heavy atom. The Labute approximate surface area is 134 Å². The minimum absolute atomic E-state index is 0.0979. The first-order valence-corrected chi connectivity index (χ1v) is 7.02. The molecule has 0 fully saturated rings. The summed E-state index contributed by atoms with van der Waals surface area (Å²) in [6.07, 6.45) is 0. The minimum atomic E-state index is -0.629. The summed E-state index contributed by atoms with van der Waals surface area (Å²) in [5.41, 5.74) is 2.49. The molecule has 0 aliphatic heterocycles. The molecule has 0 atom stereocenters. The molecule has 120 valence electrons. The molecule has 0 saturated heterocycles. The molecule has 23 heavy (non-hydrogen) atoms. The lowest BCUT2D eigenvalue weighted by Crippen LogP contribution is -2.11. The van der Waals surface area contributed by atoms with Crippen LogP contribution in [-0.4, -0.2) is 26.2 Å². The third-order valence-electron chi connectivity index (χ3n) is 3.52. The van der Waals surface area contributed by atoms with Gasteiger partial charge < -0.3 is 14.2 Å². The summed E-state index contributed by atoms with van der Waals surface area (Å²) in [7, 11) is 2.50. The highest BCUT2D eigenvalue weighted by Crippen LogP contribution is 2.26. The number of carbonyl (C=O) groups is 2. The topological polar surface area (TPSA) is 61.8 Å². The fraction of sp³-hybridized carbons (Fsp3) is 0.222. The first-order valence-electron chi connectivity index (χ1n) is 7.02. The van der Waals surface area contributed by atoms with E-state index in [1.807, 2.05) is 32.0 Å². The summed E-state index contributed by atoms with van der Waals surface area (Å²) in [4.78, 5) is 23.6. The van der Waals surface area contributed by atoms with Gasteiger partial charge in [-0.15, -0.1) is 0 Å². The van der Waals surface area contributed by atoms with Gasteiger partial charge in [0.15, 0.2) is 0 Å². The van der Waals surface area contributed by atoms with Crippen LogP contribution >= 0.6 is 0 Å². The maximum absolute atomic E-state index is 11.9. The Hall–Kier alpha value is -2.82. The maximum atomic E-state index is 11.9. The summed E-state index contributed by atoms with van der Waals surface area (Å²) in [5.74, 6) is -0.157. The van der Waals surface area contributed by atoms with Gasteiger partial charge in [-0.25, -0.2) is 9.59 Å². The molecule has 0 aromatic heterocycles. The number of benzene rings is 2. The SMILES string of the molecule is COC(=O)c1ccc(Oc2ccc(C)c(C)c2)cc1C(=O)OC. The van der Waals surface area contributed by atoms with Crippen molar-refractivity contribution in [3.05, 3.63) is 58.7 Å². The van der Waals surface area contributed by atoms with E-state index in [2.05, 4.69) is 4.74 Å². The van der Waals surface area contributed by atoms with E-state index >= 15 is 0 Å². The van der Waals surface area contributed by atoms with E-state index in [0.29, 0.717) is 11.5 Å². The third-order valence-corrected chi connectivity index (χ3v) is 3.52. The molecule has 2 aromatic rings. The first-order chi connectivity index (χ1) is 11.0. The monoisotopic (exact) mass is 314 g/mol. The highest BCUT2D eigenvalue weighted by molar-refractivity contribution is 6.03. The van der Waals surface area contributed by atoms with Crippen molar-refractivity contribution in [3.8, 4) is 11.5 Å². The summed E-state index contributed by atoms with van der Waals surface area (Å²) in [6, 6.07) is 10.3. The van der Waals surface area contributed by atoms with Gasteiger partial charge in [0.1, 0.15) is 11.5 Å². The molecule has 0 bridgehead atoms. The molecule has 0 spiro atoms. The normalized spacial score (nSPS) is 10.1. The molecule has 0 aliphatic carbocycles. The lowest BCUT2D eigenvalue weighted by atomic mass is 10.1. The van der Waals surface area contributed by atoms with Crippen LogP contribution in [0.15, 0.2) is 36.4 Å². The second kappa shape index (κ2) is 6.96. The van der Waals surface area contributed by atoms with Crippen LogP contribution in [0.3, 0.4) is 0 Å². The summed E-state index contributed by atoms with van der Waals surface area (Å²) >= 11 is 0. The van der Waals surface area contributed by atoms with Crippen LogP contribution < -0.4 is 4.74 Å². The molecule has 0 N–H and O–H groups in total. The molecular weight excluding hydrogens is 296 g/mol. The van der Waals surface area contributed by atoms with Crippen LogP contribution in [0, 0.1) is 13.8 Å². The summed E-state index contributed by atoms with van der Waals surface area (Å²) < 4.78 is 15.1. The number of hydrogen-bond donors (Lipinski definition) is 0. The zero-order valence-corrected chi connectivity index (χ0v) is 13.5. The lowest BCUT2D eigenvalue weighted by Gasteiger charge is -2.11. The van der Waals surface area contributed by atoms with Crippen molar-refractivity contribution in [2.75, 3.05) is 14.2 Å². The summed E-state index contributed by atoms with van der Waals surface area (Å²) in [5, 5.41) is 0. The van der Waals surface area contributed by atoms with Crippen molar-refractivity contribution < 1.29 is 23.8 Å². The largest absolute Gasteiger partial charge is 0.465 e. The van der Waals surface area contributed by atoms with Gasteiger partial charge in [0.2, 0.25) is 0 Å². The number of hydrogen-bond acceptors (Lipinski definition) is 5. The number of esters is 2. The zero-order valence-electron chi connectivity index (χ0n) is 13.5. The van der Waals surface area contributed by atoms with Gasteiger partial charge in [0.05, 0.1) is 25.3 Å².